The molecule has 2 aliphatic rings. The molecule has 1 aromatic heterocycles. The molecule has 0 saturated carbocycles. The zero-order chi connectivity index (χ0) is 20.7. The van der Waals surface area contributed by atoms with Gasteiger partial charge in [-0.25, -0.2) is 4.68 Å². The van der Waals surface area contributed by atoms with Crippen LogP contribution >= 0.6 is 0 Å². The van der Waals surface area contributed by atoms with Crippen molar-refractivity contribution in [3.8, 4) is 28.4 Å². The second kappa shape index (κ2) is 7.25. The monoisotopic (exact) mass is 403 g/mol. The van der Waals surface area contributed by atoms with Crippen LogP contribution in [0.1, 0.15) is 19.8 Å². The summed E-state index contributed by atoms with van der Waals surface area (Å²) in [6.07, 6.45) is 1.76. The van der Waals surface area contributed by atoms with E-state index in [1.165, 1.54) is 0 Å². The van der Waals surface area contributed by atoms with Gasteiger partial charge in [-0.3, -0.25) is 4.79 Å². The number of nitrogens with zero attached hydrogens (tertiary/aromatic N) is 4. The maximum absolute atomic E-state index is 13.0. The van der Waals surface area contributed by atoms with Gasteiger partial charge in [-0.05, 0) is 50.4 Å². The van der Waals surface area contributed by atoms with Gasteiger partial charge < -0.3 is 15.0 Å². The standard InChI is InChI=1S/C23H25N5O2/c1-3-30-17-10-8-16(9-11-17)20-22(29)24-21-18-6-4-5-7-19(18)25-23(28(21)26-20)12-14-27(2)15-13-23/h4-11,25H,3,12-15H2,1-2H3. The molecule has 0 atom stereocenters. The van der Waals surface area contributed by atoms with Crippen LogP contribution in [0, 0.1) is 0 Å². The topological polar surface area (TPSA) is 72.3 Å². The van der Waals surface area contributed by atoms with Crippen molar-refractivity contribution in [1.82, 2.24) is 19.7 Å². The summed E-state index contributed by atoms with van der Waals surface area (Å²) in [5, 5.41) is 8.60. The molecule has 7 nitrogen and oxygen atoms in total. The zero-order valence-electron chi connectivity index (χ0n) is 17.3. The van der Waals surface area contributed by atoms with E-state index < -0.39 is 5.66 Å². The first-order valence-electron chi connectivity index (χ1n) is 10.4. The first-order valence-corrected chi connectivity index (χ1v) is 10.4. The number of rotatable bonds is 3. The average molecular weight is 403 g/mol. The lowest BCUT2D eigenvalue weighted by molar-refractivity contribution is 0.137. The van der Waals surface area contributed by atoms with Crippen LogP contribution in [0.25, 0.3) is 22.6 Å². The summed E-state index contributed by atoms with van der Waals surface area (Å²) in [7, 11) is 2.13. The van der Waals surface area contributed by atoms with E-state index in [4.69, 9.17) is 9.84 Å². The normalized spacial score (nSPS) is 17.1. The molecule has 1 N–H and O–H groups in total. The summed E-state index contributed by atoms with van der Waals surface area (Å²) in [4.78, 5) is 19.8. The van der Waals surface area contributed by atoms with Crippen LogP contribution in [0.4, 0.5) is 5.69 Å². The van der Waals surface area contributed by atoms with Gasteiger partial charge in [-0.1, -0.05) is 12.1 Å². The van der Waals surface area contributed by atoms with Crippen LogP contribution in [0.2, 0.25) is 0 Å². The fraction of sp³-hybridized carbons (Fsp3) is 0.348. The SMILES string of the molecule is CCOc1ccc(-c2nn3c(nc2=O)-c2ccccc2NC32CCN(C)CC2)cc1. The van der Waals surface area contributed by atoms with E-state index in [1.54, 1.807) is 0 Å². The van der Waals surface area contributed by atoms with Crippen LogP contribution < -0.4 is 15.6 Å². The smallest absolute Gasteiger partial charge is 0.300 e. The number of ether oxygens (including phenoxy) is 1. The van der Waals surface area contributed by atoms with Gasteiger partial charge in [0.2, 0.25) is 0 Å². The third-order valence-electron chi connectivity index (χ3n) is 6.00. The third-order valence-corrected chi connectivity index (χ3v) is 6.00. The van der Waals surface area contributed by atoms with Gasteiger partial charge in [-0.2, -0.15) is 10.1 Å². The highest BCUT2D eigenvalue weighted by Gasteiger charge is 2.42. The predicted molar refractivity (Wildman–Crippen MR) is 117 cm³/mol. The molecule has 5 rings (SSSR count). The van der Waals surface area contributed by atoms with E-state index in [0.717, 1.165) is 48.5 Å². The Balaban J connectivity index is 1.67. The maximum atomic E-state index is 13.0. The highest BCUT2D eigenvalue weighted by atomic mass is 16.5. The molecule has 1 spiro atoms. The van der Waals surface area contributed by atoms with E-state index in [-0.39, 0.29) is 5.56 Å². The van der Waals surface area contributed by atoms with Crippen molar-refractivity contribution in [2.24, 2.45) is 0 Å². The third kappa shape index (κ3) is 3.06. The molecule has 3 heterocycles. The molecular weight excluding hydrogens is 378 g/mol. The highest BCUT2D eigenvalue weighted by Crippen LogP contribution is 2.41. The average Bonchev–Trinajstić information content (AvgIpc) is 2.77. The summed E-state index contributed by atoms with van der Waals surface area (Å²) < 4.78 is 7.48. The van der Waals surface area contributed by atoms with Crippen molar-refractivity contribution >= 4 is 5.69 Å². The number of benzene rings is 2. The van der Waals surface area contributed by atoms with Crippen LogP contribution in [-0.4, -0.2) is 46.4 Å². The summed E-state index contributed by atoms with van der Waals surface area (Å²) in [5.41, 5.74) is 2.31. The van der Waals surface area contributed by atoms with Crippen molar-refractivity contribution < 1.29 is 4.74 Å². The fourth-order valence-corrected chi connectivity index (χ4v) is 4.33. The van der Waals surface area contributed by atoms with Gasteiger partial charge in [0.25, 0.3) is 5.56 Å². The molecule has 0 aliphatic carbocycles. The Bertz CT molecular complexity index is 1130. The lowest BCUT2D eigenvalue weighted by Gasteiger charge is -2.46. The molecule has 30 heavy (non-hydrogen) atoms. The molecule has 0 radical (unpaired) electrons. The van der Waals surface area contributed by atoms with Gasteiger partial charge in [0.15, 0.2) is 11.5 Å². The highest BCUT2D eigenvalue weighted by molar-refractivity contribution is 5.76. The van der Waals surface area contributed by atoms with Crippen LogP contribution in [0.15, 0.2) is 53.3 Å². The van der Waals surface area contributed by atoms with E-state index >= 15 is 0 Å². The number of piperidine rings is 1. The van der Waals surface area contributed by atoms with Crippen molar-refractivity contribution in [1.29, 1.82) is 0 Å². The fourth-order valence-electron chi connectivity index (χ4n) is 4.33. The van der Waals surface area contributed by atoms with Crippen molar-refractivity contribution in [2.75, 3.05) is 32.1 Å². The van der Waals surface area contributed by atoms with Gasteiger partial charge in [0, 0.05) is 42.7 Å². The molecule has 0 amide bonds. The number of fused-ring (bicyclic) bond motifs is 4. The van der Waals surface area contributed by atoms with E-state index in [0.29, 0.717) is 18.1 Å². The Kier molecular flexibility index (Phi) is 4.55. The van der Waals surface area contributed by atoms with Crippen LogP contribution in [-0.2, 0) is 5.66 Å². The molecule has 1 saturated heterocycles. The van der Waals surface area contributed by atoms with Gasteiger partial charge in [0.05, 0.1) is 6.61 Å². The summed E-state index contributed by atoms with van der Waals surface area (Å²) >= 11 is 0. The lowest BCUT2D eigenvalue weighted by atomic mass is 9.93. The number of likely N-dealkylation sites (tertiary alicyclic amines) is 1. The number of hydrogen-bond donors (Lipinski definition) is 1. The van der Waals surface area contributed by atoms with Gasteiger partial charge in [0.1, 0.15) is 11.4 Å². The van der Waals surface area contributed by atoms with Crippen molar-refractivity contribution in [2.45, 2.75) is 25.4 Å². The molecule has 1 fully saturated rings. The van der Waals surface area contributed by atoms with Crippen LogP contribution in [0.5, 0.6) is 5.75 Å². The molecule has 154 valence electrons. The van der Waals surface area contributed by atoms with Crippen molar-refractivity contribution in [3.05, 3.63) is 58.9 Å². The predicted octanol–water partition coefficient (Wildman–Crippen LogP) is 3.17. The Morgan fingerprint density at radius 1 is 1.10 bits per heavy atom. The van der Waals surface area contributed by atoms with Crippen molar-refractivity contribution in [3.63, 3.8) is 0 Å². The van der Waals surface area contributed by atoms with Crippen LogP contribution in [0.3, 0.4) is 0 Å². The Morgan fingerprint density at radius 3 is 2.57 bits per heavy atom. The first kappa shape index (κ1) is 18.8. The summed E-state index contributed by atoms with van der Waals surface area (Å²) in [6.45, 7) is 4.44. The Labute approximate surface area is 175 Å². The van der Waals surface area contributed by atoms with E-state index in [1.807, 2.05) is 60.1 Å². The second-order valence-corrected chi connectivity index (χ2v) is 7.96. The molecule has 7 heteroatoms. The quantitative estimate of drug-likeness (QED) is 0.724. The number of anilines is 1. The summed E-state index contributed by atoms with van der Waals surface area (Å²) in [5.74, 6) is 1.41. The number of aromatic nitrogens is 3. The molecule has 0 bridgehead atoms. The Hall–Kier alpha value is -3.19. The molecular formula is C23H25N5O2. The number of nitrogens with one attached hydrogen (secondary N) is 1. The molecule has 0 unspecified atom stereocenters. The molecule has 2 aromatic carbocycles. The zero-order valence-corrected chi connectivity index (χ0v) is 17.3. The second-order valence-electron chi connectivity index (χ2n) is 7.96. The first-order chi connectivity index (χ1) is 14.6. The number of para-hydroxylation sites is 1. The minimum absolute atomic E-state index is 0.315. The Morgan fingerprint density at radius 2 is 1.83 bits per heavy atom. The number of hydrogen-bond acceptors (Lipinski definition) is 6. The summed E-state index contributed by atoms with van der Waals surface area (Å²) in [6, 6.07) is 15.5. The lowest BCUT2D eigenvalue weighted by Crippen LogP contribution is -2.53. The van der Waals surface area contributed by atoms with Gasteiger partial charge >= 0.3 is 0 Å². The van der Waals surface area contributed by atoms with E-state index in [9.17, 15) is 4.79 Å². The molecule has 3 aromatic rings. The minimum atomic E-state index is -0.392. The molecule has 2 aliphatic heterocycles. The largest absolute Gasteiger partial charge is 0.494 e. The maximum Gasteiger partial charge on any atom is 0.300 e. The van der Waals surface area contributed by atoms with E-state index in [2.05, 4.69) is 22.2 Å². The van der Waals surface area contributed by atoms with Gasteiger partial charge in [-0.15, -0.1) is 0 Å². The minimum Gasteiger partial charge on any atom is -0.494 e.